The van der Waals surface area contributed by atoms with E-state index in [4.69, 9.17) is 9.84 Å². The summed E-state index contributed by atoms with van der Waals surface area (Å²) in [7, 11) is 0. The number of esters is 1. The molecule has 4 aromatic rings. The van der Waals surface area contributed by atoms with Gasteiger partial charge in [0.15, 0.2) is 5.82 Å². The van der Waals surface area contributed by atoms with E-state index in [1.807, 2.05) is 11.6 Å². The molecule has 1 aliphatic rings. The average molecular weight is 568 g/mol. The molecule has 5 rings (SSSR count). The molecule has 0 atom stereocenters. The standard InChI is InChI=1S/C29H32F3N7O2/c1-6-20-24(18-9-11-19(30)12-10-18)37-38(14-17-7-8-17)27(20)35-21-13-22(34-15-33-21)39-25(26(31)32)23(16(2)36-39)28(40)41-29(3,4)5/h9-13,15,17,26H,6-8,14H2,1-5H3,(H,33,34,35). The van der Waals surface area contributed by atoms with Crippen molar-refractivity contribution in [3.05, 3.63) is 65.0 Å². The van der Waals surface area contributed by atoms with Gasteiger partial charge in [-0.15, -0.1) is 0 Å². The molecule has 1 fully saturated rings. The van der Waals surface area contributed by atoms with Gasteiger partial charge in [-0.25, -0.2) is 37.3 Å². The number of ether oxygens (including phenoxy) is 1. The van der Waals surface area contributed by atoms with Gasteiger partial charge >= 0.3 is 5.97 Å². The van der Waals surface area contributed by atoms with Crippen molar-refractivity contribution >= 4 is 17.6 Å². The fourth-order valence-electron chi connectivity index (χ4n) is 4.65. The summed E-state index contributed by atoms with van der Waals surface area (Å²) in [4.78, 5) is 21.3. The highest BCUT2D eigenvalue weighted by Crippen LogP contribution is 2.36. The first-order valence-corrected chi connectivity index (χ1v) is 13.5. The van der Waals surface area contributed by atoms with Gasteiger partial charge < -0.3 is 10.1 Å². The summed E-state index contributed by atoms with van der Waals surface area (Å²) >= 11 is 0. The monoisotopic (exact) mass is 567 g/mol. The Morgan fingerprint density at radius 2 is 1.85 bits per heavy atom. The van der Waals surface area contributed by atoms with Crippen LogP contribution >= 0.6 is 0 Å². The molecule has 3 heterocycles. The number of anilines is 2. The number of aryl methyl sites for hydroxylation is 1. The van der Waals surface area contributed by atoms with E-state index in [0.29, 0.717) is 30.5 Å². The molecule has 1 aromatic carbocycles. The first-order valence-electron chi connectivity index (χ1n) is 13.5. The summed E-state index contributed by atoms with van der Waals surface area (Å²) in [6, 6.07) is 7.67. The van der Waals surface area contributed by atoms with Gasteiger partial charge in [-0.2, -0.15) is 10.2 Å². The third kappa shape index (κ3) is 6.10. The van der Waals surface area contributed by atoms with Gasteiger partial charge in [-0.1, -0.05) is 6.92 Å². The highest BCUT2D eigenvalue weighted by Gasteiger charge is 2.32. The Hall–Kier alpha value is -4.22. The van der Waals surface area contributed by atoms with E-state index in [1.165, 1.54) is 31.5 Å². The zero-order valence-electron chi connectivity index (χ0n) is 23.6. The number of hydrogen-bond donors (Lipinski definition) is 1. The molecule has 0 unspecified atom stereocenters. The fraction of sp³-hybridized carbons (Fsp3) is 0.414. The zero-order valence-corrected chi connectivity index (χ0v) is 23.6. The van der Waals surface area contributed by atoms with Gasteiger partial charge in [0.1, 0.15) is 40.6 Å². The highest BCUT2D eigenvalue weighted by molar-refractivity contribution is 5.92. The summed E-state index contributed by atoms with van der Waals surface area (Å²) in [5.41, 5.74) is 0.762. The van der Waals surface area contributed by atoms with Gasteiger partial charge in [-0.05, 0) is 77.1 Å². The molecule has 41 heavy (non-hydrogen) atoms. The summed E-state index contributed by atoms with van der Waals surface area (Å²) in [5, 5.41) is 12.4. The highest BCUT2D eigenvalue weighted by atomic mass is 19.3. The smallest absolute Gasteiger partial charge is 0.342 e. The number of hydrogen-bond acceptors (Lipinski definition) is 7. The van der Waals surface area contributed by atoms with Crippen LogP contribution in [0.5, 0.6) is 0 Å². The normalized spacial score (nSPS) is 13.6. The van der Waals surface area contributed by atoms with Crippen LogP contribution in [0.15, 0.2) is 36.7 Å². The van der Waals surface area contributed by atoms with Crippen LogP contribution in [0.4, 0.5) is 24.8 Å². The Morgan fingerprint density at radius 3 is 2.46 bits per heavy atom. The van der Waals surface area contributed by atoms with Gasteiger partial charge in [0.05, 0.1) is 11.4 Å². The SMILES string of the molecule is CCc1c(-c2ccc(F)cc2)nn(CC2CC2)c1Nc1cc(-n2nc(C)c(C(=O)OC(C)(C)C)c2C(F)F)ncn1. The molecule has 12 heteroatoms. The van der Waals surface area contributed by atoms with Crippen LogP contribution < -0.4 is 5.32 Å². The maximum Gasteiger partial charge on any atom is 0.342 e. The van der Waals surface area contributed by atoms with Gasteiger partial charge in [-0.3, -0.25) is 0 Å². The van der Waals surface area contributed by atoms with Crippen molar-refractivity contribution in [1.29, 1.82) is 0 Å². The van der Waals surface area contributed by atoms with Crippen LogP contribution in [-0.4, -0.2) is 41.1 Å². The maximum absolute atomic E-state index is 14.3. The van der Waals surface area contributed by atoms with Crippen molar-refractivity contribution in [2.24, 2.45) is 5.92 Å². The van der Waals surface area contributed by atoms with Crippen molar-refractivity contribution < 1.29 is 22.7 Å². The molecule has 1 saturated carbocycles. The van der Waals surface area contributed by atoms with Crippen LogP contribution in [0.25, 0.3) is 17.1 Å². The van der Waals surface area contributed by atoms with Crippen molar-refractivity contribution in [2.45, 2.75) is 72.5 Å². The summed E-state index contributed by atoms with van der Waals surface area (Å²) in [5.74, 6) is 0.398. The lowest BCUT2D eigenvalue weighted by Gasteiger charge is -2.19. The van der Waals surface area contributed by atoms with Gasteiger partial charge in [0.25, 0.3) is 6.43 Å². The number of nitrogens with zero attached hydrogens (tertiary/aromatic N) is 6. The second-order valence-electron chi connectivity index (χ2n) is 11.1. The maximum atomic E-state index is 14.3. The molecule has 0 saturated heterocycles. The third-order valence-corrected chi connectivity index (χ3v) is 6.67. The molecule has 0 radical (unpaired) electrons. The van der Waals surface area contributed by atoms with Gasteiger partial charge in [0.2, 0.25) is 0 Å². The molecule has 216 valence electrons. The molecule has 0 amide bonds. The van der Waals surface area contributed by atoms with Crippen molar-refractivity contribution in [3.8, 4) is 17.1 Å². The molecule has 1 N–H and O–H groups in total. The van der Waals surface area contributed by atoms with E-state index >= 15 is 0 Å². The molecule has 9 nitrogen and oxygen atoms in total. The Morgan fingerprint density at radius 1 is 1.15 bits per heavy atom. The minimum Gasteiger partial charge on any atom is -0.456 e. The molecule has 0 bridgehead atoms. The quantitative estimate of drug-likeness (QED) is 0.228. The topological polar surface area (TPSA) is 99.8 Å². The Kier molecular flexibility index (Phi) is 7.58. The molecular formula is C29H32F3N7O2. The summed E-state index contributed by atoms with van der Waals surface area (Å²) in [6.07, 6.45) is 1.07. The first kappa shape index (κ1) is 28.3. The lowest BCUT2D eigenvalue weighted by Crippen LogP contribution is -2.25. The van der Waals surface area contributed by atoms with Crippen molar-refractivity contribution in [3.63, 3.8) is 0 Å². The number of aromatic nitrogens is 6. The zero-order chi connectivity index (χ0) is 29.5. The Balaban J connectivity index is 1.54. The minimum atomic E-state index is -3.02. The minimum absolute atomic E-state index is 0.0563. The second-order valence-corrected chi connectivity index (χ2v) is 11.1. The molecule has 0 aliphatic heterocycles. The largest absolute Gasteiger partial charge is 0.456 e. The number of rotatable bonds is 9. The van der Waals surface area contributed by atoms with E-state index in [0.717, 1.165) is 34.3 Å². The van der Waals surface area contributed by atoms with Crippen LogP contribution in [0, 0.1) is 18.7 Å². The lowest BCUT2D eigenvalue weighted by molar-refractivity contribution is 0.00607. The Labute approximate surface area is 235 Å². The predicted octanol–water partition coefficient (Wildman–Crippen LogP) is 6.58. The lowest BCUT2D eigenvalue weighted by atomic mass is 10.1. The number of alkyl halides is 2. The van der Waals surface area contributed by atoms with Crippen LogP contribution in [0.1, 0.15) is 74.3 Å². The van der Waals surface area contributed by atoms with Crippen LogP contribution in [0.3, 0.4) is 0 Å². The van der Waals surface area contributed by atoms with Gasteiger partial charge in [0, 0.05) is 23.7 Å². The van der Waals surface area contributed by atoms with E-state index < -0.39 is 23.7 Å². The van der Waals surface area contributed by atoms with E-state index in [9.17, 15) is 18.0 Å². The number of carbonyl (C=O) groups is 1. The predicted molar refractivity (Wildman–Crippen MR) is 147 cm³/mol. The Bertz CT molecular complexity index is 1570. The summed E-state index contributed by atoms with van der Waals surface area (Å²) in [6.45, 7) is 9.16. The van der Waals surface area contributed by atoms with E-state index in [-0.39, 0.29) is 22.9 Å². The van der Waals surface area contributed by atoms with Crippen molar-refractivity contribution in [1.82, 2.24) is 29.5 Å². The molecule has 0 spiro atoms. The van der Waals surface area contributed by atoms with Crippen molar-refractivity contribution in [2.75, 3.05) is 5.32 Å². The molecule has 3 aromatic heterocycles. The van der Waals surface area contributed by atoms with Crippen LogP contribution in [-0.2, 0) is 17.7 Å². The third-order valence-electron chi connectivity index (χ3n) is 6.67. The van der Waals surface area contributed by atoms with E-state index in [1.54, 1.807) is 32.9 Å². The fourth-order valence-corrected chi connectivity index (χ4v) is 4.65. The summed E-state index contributed by atoms with van der Waals surface area (Å²) < 4.78 is 50.5. The average Bonchev–Trinajstić information content (AvgIpc) is 3.56. The number of benzene rings is 1. The number of carbonyl (C=O) groups excluding carboxylic acids is 1. The molecule has 1 aliphatic carbocycles. The second kappa shape index (κ2) is 11.0. The molecular weight excluding hydrogens is 535 g/mol. The number of halogens is 3. The number of nitrogens with one attached hydrogen (secondary N) is 1. The van der Waals surface area contributed by atoms with Crippen LogP contribution in [0.2, 0.25) is 0 Å². The first-order chi connectivity index (χ1) is 19.4. The van der Waals surface area contributed by atoms with E-state index in [2.05, 4.69) is 20.4 Å².